The summed E-state index contributed by atoms with van der Waals surface area (Å²) in [4.78, 5) is 12.6. The number of aldehydes is 1. The molecule has 0 amide bonds. The number of nitrogens with zero attached hydrogens (tertiary/aromatic N) is 1. The lowest BCUT2D eigenvalue weighted by atomic mass is 10.2. The van der Waals surface area contributed by atoms with Gasteiger partial charge in [0.05, 0.1) is 11.5 Å². The lowest BCUT2D eigenvalue weighted by Crippen LogP contribution is -2.46. The summed E-state index contributed by atoms with van der Waals surface area (Å²) < 4.78 is 22.9. The molecule has 1 aliphatic rings. The van der Waals surface area contributed by atoms with Crippen LogP contribution in [0.5, 0.6) is 0 Å². The first-order valence-electron chi connectivity index (χ1n) is 5.54. The largest absolute Gasteiger partial charge is 0.367 e. The van der Waals surface area contributed by atoms with E-state index in [-0.39, 0.29) is 17.5 Å². The van der Waals surface area contributed by atoms with E-state index >= 15 is 0 Å². The Labute approximate surface area is 101 Å². The molecule has 1 unspecified atom stereocenters. The topological polar surface area (TPSA) is 54.5 Å². The average molecular weight is 253 g/mol. The van der Waals surface area contributed by atoms with Crippen molar-refractivity contribution in [2.45, 2.75) is 13.0 Å². The minimum Gasteiger partial charge on any atom is -0.367 e. The first kappa shape index (κ1) is 12.1. The molecule has 4 nitrogen and oxygen atoms in total. The molecule has 1 aliphatic heterocycles. The van der Waals surface area contributed by atoms with Crippen LogP contribution >= 0.6 is 0 Å². The summed E-state index contributed by atoms with van der Waals surface area (Å²) in [6, 6.07) is 7.20. The molecule has 17 heavy (non-hydrogen) atoms. The Hall–Kier alpha value is -1.36. The highest BCUT2D eigenvalue weighted by Crippen LogP contribution is 2.21. The summed E-state index contributed by atoms with van der Waals surface area (Å²) in [6.45, 7) is 2.42. The van der Waals surface area contributed by atoms with Gasteiger partial charge in [0.15, 0.2) is 9.84 Å². The minimum absolute atomic E-state index is 0.0177. The van der Waals surface area contributed by atoms with Crippen molar-refractivity contribution in [2.75, 3.05) is 23.0 Å². The first-order chi connectivity index (χ1) is 8.02. The molecule has 92 valence electrons. The number of hydrogen-bond acceptors (Lipinski definition) is 4. The fraction of sp³-hybridized carbons (Fsp3) is 0.417. The van der Waals surface area contributed by atoms with Gasteiger partial charge in [0.1, 0.15) is 6.29 Å². The van der Waals surface area contributed by atoms with Crippen LogP contribution in [-0.2, 0) is 9.84 Å². The van der Waals surface area contributed by atoms with Gasteiger partial charge in [-0.25, -0.2) is 8.42 Å². The third-order valence-electron chi connectivity index (χ3n) is 3.03. The van der Waals surface area contributed by atoms with Gasteiger partial charge in [-0.3, -0.25) is 4.79 Å². The monoisotopic (exact) mass is 253 g/mol. The van der Waals surface area contributed by atoms with E-state index in [0.29, 0.717) is 12.1 Å². The van der Waals surface area contributed by atoms with Gasteiger partial charge in [-0.2, -0.15) is 0 Å². The highest BCUT2D eigenvalue weighted by molar-refractivity contribution is 7.91. The molecule has 0 aromatic heterocycles. The Balaban J connectivity index is 2.20. The van der Waals surface area contributed by atoms with Crippen molar-refractivity contribution in [3.05, 3.63) is 29.8 Å². The third-order valence-corrected chi connectivity index (χ3v) is 4.83. The molecule has 0 saturated carbocycles. The van der Waals surface area contributed by atoms with Crippen molar-refractivity contribution in [3.63, 3.8) is 0 Å². The highest BCUT2D eigenvalue weighted by Gasteiger charge is 2.27. The third kappa shape index (κ3) is 2.66. The minimum atomic E-state index is -2.88. The molecule has 1 aromatic carbocycles. The molecule has 0 radical (unpaired) electrons. The van der Waals surface area contributed by atoms with Crippen molar-refractivity contribution in [1.82, 2.24) is 0 Å². The summed E-state index contributed by atoms with van der Waals surface area (Å²) in [5.41, 5.74) is 1.60. The van der Waals surface area contributed by atoms with Crippen LogP contribution in [0.25, 0.3) is 0 Å². The van der Waals surface area contributed by atoms with Gasteiger partial charge in [0.2, 0.25) is 0 Å². The number of carbonyl (C=O) groups excluding carboxylic acids is 1. The van der Waals surface area contributed by atoms with Gasteiger partial charge in [0, 0.05) is 23.8 Å². The van der Waals surface area contributed by atoms with E-state index in [1.807, 2.05) is 19.1 Å². The molecule has 0 spiro atoms. The van der Waals surface area contributed by atoms with E-state index in [0.717, 1.165) is 12.0 Å². The van der Waals surface area contributed by atoms with E-state index in [4.69, 9.17) is 0 Å². The van der Waals surface area contributed by atoms with E-state index in [1.54, 1.807) is 12.1 Å². The normalized spacial score (nSPS) is 23.4. The van der Waals surface area contributed by atoms with Crippen LogP contribution in [-0.4, -0.2) is 38.8 Å². The maximum Gasteiger partial charge on any atom is 0.154 e. The summed E-state index contributed by atoms with van der Waals surface area (Å²) >= 11 is 0. The fourth-order valence-electron chi connectivity index (χ4n) is 2.13. The summed E-state index contributed by atoms with van der Waals surface area (Å²) in [5, 5.41) is 0. The average Bonchev–Trinajstić information content (AvgIpc) is 2.28. The van der Waals surface area contributed by atoms with Crippen molar-refractivity contribution in [2.24, 2.45) is 0 Å². The molecule has 1 fully saturated rings. The van der Waals surface area contributed by atoms with Gasteiger partial charge in [-0.05, 0) is 31.2 Å². The van der Waals surface area contributed by atoms with Crippen molar-refractivity contribution >= 4 is 21.8 Å². The predicted octanol–water partition coefficient (Wildman–Crippen LogP) is 1.12. The maximum atomic E-state index is 11.5. The number of rotatable bonds is 2. The first-order valence-corrected chi connectivity index (χ1v) is 7.36. The van der Waals surface area contributed by atoms with Crippen LogP contribution < -0.4 is 4.90 Å². The van der Waals surface area contributed by atoms with E-state index in [9.17, 15) is 13.2 Å². The van der Waals surface area contributed by atoms with E-state index in [1.165, 1.54) is 0 Å². The Morgan fingerprint density at radius 2 is 1.94 bits per heavy atom. The number of sulfone groups is 1. The summed E-state index contributed by atoms with van der Waals surface area (Å²) in [6.07, 6.45) is 0.799. The summed E-state index contributed by atoms with van der Waals surface area (Å²) in [5.74, 6) is 0.398. The second kappa shape index (κ2) is 4.49. The fourth-order valence-corrected chi connectivity index (χ4v) is 3.68. The van der Waals surface area contributed by atoms with Crippen LogP contribution in [0, 0.1) is 0 Å². The van der Waals surface area contributed by atoms with Crippen molar-refractivity contribution in [3.8, 4) is 0 Å². The SMILES string of the molecule is CC1CS(=O)(=O)CCN1c1ccc(C=O)cc1. The van der Waals surface area contributed by atoms with Crippen LogP contribution in [0.1, 0.15) is 17.3 Å². The molecule has 1 heterocycles. The molecule has 2 rings (SSSR count). The molecule has 5 heteroatoms. The lowest BCUT2D eigenvalue weighted by molar-refractivity contribution is 0.112. The molecule has 0 aliphatic carbocycles. The van der Waals surface area contributed by atoms with E-state index < -0.39 is 9.84 Å². The lowest BCUT2D eigenvalue weighted by Gasteiger charge is -2.35. The molecule has 1 saturated heterocycles. The standard InChI is InChI=1S/C12H15NO3S/c1-10-9-17(15,16)7-6-13(10)12-4-2-11(8-14)3-5-12/h2-5,8,10H,6-7,9H2,1H3. The van der Waals surface area contributed by atoms with Crippen LogP contribution in [0.2, 0.25) is 0 Å². The number of anilines is 1. The Morgan fingerprint density at radius 3 is 2.47 bits per heavy atom. The van der Waals surface area contributed by atoms with E-state index in [2.05, 4.69) is 4.90 Å². The number of benzene rings is 1. The van der Waals surface area contributed by atoms with Crippen LogP contribution in [0.4, 0.5) is 5.69 Å². The Kier molecular flexibility index (Phi) is 3.19. The number of hydrogen-bond donors (Lipinski definition) is 0. The zero-order chi connectivity index (χ0) is 12.5. The maximum absolute atomic E-state index is 11.5. The van der Waals surface area contributed by atoms with Crippen molar-refractivity contribution in [1.29, 1.82) is 0 Å². The van der Waals surface area contributed by atoms with Gasteiger partial charge in [0.25, 0.3) is 0 Å². The quantitative estimate of drug-likeness (QED) is 0.741. The van der Waals surface area contributed by atoms with Crippen LogP contribution in [0.15, 0.2) is 24.3 Å². The molecule has 1 atom stereocenters. The second-order valence-electron chi connectivity index (χ2n) is 4.37. The Bertz CT molecular complexity index is 507. The molecular formula is C12H15NO3S. The number of carbonyl (C=O) groups is 1. The molecule has 0 N–H and O–H groups in total. The van der Waals surface area contributed by atoms with Gasteiger partial charge in [-0.15, -0.1) is 0 Å². The predicted molar refractivity (Wildman–Crippen MR) is 67.3 cm³/mol. The van der Waals surface area contributed by atoms with Gasteiger partial charge >= 0.3 is 0 Å². The summed E-state index contributed by atoms with van der Waals surface area (Å²) in [7, 11) is -2.88. The smallest absolute Gasteiger partial charge is 0.154 e. The highest BCUT2D eigenvalue weighted by atomic mass is 32.2. The zero-order valence-electron chi connectivity index (χ0n) is 9.67. The molecule has 1 aromatic rings. The molecular weight excluding hydrogens is 238 g/mol. The zero-order valence-corrected chi connectivity index (χ0v) is 10.5. The second-order valence-corrected chi connectivity index (χ2v) is 6.59. The molecule has 0 bridgehead atoms. The van der Waals surface area contributed by atoms with Gasteiger partial charge < -0.3 is 4.90 Å². The van der Waals surface area contributed by atoms with Crippen molar-refractivity contribution < 1.29 is 13.2 Å². The van der Waals surface area contributed by atoms with Crippen LogP contribution in [0.3, 0.4) is 0 Å². The Morgan fingerprint density at radius 1 is 1.29 bits per heavy atom. The van der Waals surface area contributed by atoms with Gasteiger partial charge in [-0.1, -0.05) is 0 Å².